The predicted molar refractivity (Wildman–Crippen MR) is 135 cm³/mol. The zero-order valence-corrected chi connectivity index (χ0v) is 20.8. The van der Waals surface area contributed by atoms with Crippen LogP contribution in [0, 0.1) is 5.82 Å². The first kappa shape index (κ1) is 24.6. The van der Waals surface area contributed by atoms with Gasteiger partial charge >= 0.3 is 0 Å². The number of aliphatic hydroxyl groups is 1. The monoisotopic (exact) mass is 492 g/mol. The Bertz CT molecular complexity index is 1190. The third-order valence-corrected chi connectivity index (χ3v) is 7.70. The highest BCUT2D eigenvalue weighted by Gasteiger charge is 2.37. The number of methoxy groups -OCH3 is 1. The first-order valence-corrected chi connectivity index (χ1v) is 12.6. The van der Waals surface area contributed by atoms with Gasteiger partial charge in [0.05, 0.1) is 30.8 Å². The van der Waals surface area contributed by atoms with Crippen molar-refractivity contribution in [2.45, 2.75) is 44.1 Å². The summed E-state index contributed by atoms with van der Waals surface area (Å²) in [4.78, 5) is 22.1. The minimum atomic E-state index is -0.455. The predicted octanol–water partition coefficient (Wildman–Crippen LogP) is 3.59. The number of carbonyl (C=O) groups excluding carboxylic acids is 1. The first-order valence-electron chi connectivity index (χ1n) is 12.6. The summed E-state index contributed by atoms with van der Waals surface area (Å²) >= 11 is 0. The molecule has 0 aliphatic carbocycles. The van der Waals surface area contributed by atoms with Crippen molar-refractivity contribution in [1.82, 2.24) is 19.4 Å². The molecule has 36 heavy (non-hydrogen) atoms. The van der Waals surface area contributed by atoms with Crippen LogP contribution in [0.25, 0.3) is 11.1 Å². The quantitative estimate of drug-likeness (QED) is 0.570. The number of rotatable bonds is 6. The molecule has 0 saturated carbocycles. The standard InChI is InChI=1S/C28H33FN4O3/c1-19(23-5-3-4-6-24(23)20-7-9-21(29)10-8-20)33-18-30-15-25(33)28(35)31-13-11-22(12-14-31)32-16-26(34)27(17-32)36-2/h3-10,15,18-19,22,26-27,34H,11-14,16-17H2,1-2H3/t19-,26+,27+/m0/s1. The highest BCUT2D eigenvalue weighted by molar-refractivity contribution is 5.92. The van der Waals surface area contributed by atoms with Gasteiger partial charge in [0.25, 0.3) is 5.91 Å². The van der Waals surface area contributed by atoms with Gasteiger partial charge in [-0.15, -0.1) is 0 Å². The van der Waals surface area contributed by atoms with E-state index >= 15 is 0 Å². The Kier molecular flexibility index (Phi) is 7.18. The number of likely N-dealkylation sites (tertiary alicyclic amines) is 2. The van der Waals surface area contributed by atoms with Gasteiger partial charge in [-0.1, -0.05) is 36.4 Å². The number of amides is 1. The van der Waals surface area contributed by atoms with Crippen molar-refractivity contribution in [3.05, 3.63) is 78.1 Å². The molecule has 1 aromatic heterocycles. The summed E-state index contributed by atoms with van der Waals surface area (Å²) in [5, 5.41) is 10.2. The molecule has 0 radical (unpaired) electrons. The fourth-order valence-corrected chi connectivity index (χ4v) is 5.59. The number of imidazole rings is 1. The third kappa shape index (κ3) is 4.81. The lowest BCUT2D eigenvalue weighted by Gasteiger charge is -2.36. The summed E-state index contributed by atoms with van der Waals surface area (Å²) in [5.41, 5.74) is 3.53. The number of ether oxygens (including phenoxy) is 1. The number of aliphatic hydroxyl groups excluding tert-OH is 1. The largest absolute Gasteiger partial charge is 0.389 e. The molecule has 0 unspecified atom stereocenters. The molecule has 2 aliphatic heterocycles. The molecule has 2 aliphatic rings. The zero-order chi connectivity index (χ0) is 25.2. The molecule has 3 aromatic rings. The van der Waals surface area contributed by atoms with Gasteiger partial charge in [0.2, 0.25) is 0 Å². The second kappa shape index (κ2) is 10.5. The number of aromatic nitrogens is 2. The fourth-order valence-electron chi connectivity index (χ4n) is 5.59. The van der Waals surface area contributed by atoms with Gasteiger partial charge in [-0.05, 0) is 48.6 Å². The molecule has 8 heteroatoms. The highest BCUT2D eigenvalue weighted by atomic mass is 19.1. The Morgan fingerprint density at radius 3 is 2.53 bits per heavy atom. The molecule has 2 aromatic carbocycles. The normalized spacial score (nSPS) is 22.2. The van der Waals surface area contributed by atoms with Crippen LogP contribution in [0.3, 0.4) is 0 Å². The maximum atomic E-state index is 13.5. The third-order valence-electron chi connectivity index (χ3n) is 7.70. The van der Waals surface area contributed by atoms with E-state index in [2.05, 4.69) is 16.8 Å². The van der Waals surface area contributed by atoms with E-state index in [1.165, 1.54) is 12.1 Å². The fraction of sp³-hybridized carbons (Fsp3) is 0.429. The van der Waals surface area contributed by atoms with E-state index in [4.69, 9.17) is 4.74 Å². The van der Waals surface area contributed by atoms with Gasteiger partial charge in [-0.3, -0.25) is 9.69 Å². The van der Waals surface area contributed by atoms with E-state index in [0.29, 0.717) is 31.4 Å². The van der Waals surface area contributed by atoms with Gasteiger partial charge in [-0.25, -0.2) is 9.37 Å². The number of β-amino-alcohol motifs (C(OH)–C–C–N with tert-alkyl or cyclic N) is 1. The molecule has 5 rings (SSSR count). The van der Waals surface area contributed by atoms with Crippen LogP contribution in [0.1, 0.15) is 41.9 Å². The van der Waals surface area contributed by atoms with Crippen LogP contribution >= 0.6 is 0 Å². The SMILES string of the molecule is CO[C@@H]1CN(C2CCN(C(=O)c3cncn3[C@@H](C)c3ccccc3-c3ccc(F)cc3)CC2)C[C@H]1O. The summed E-state index contributed by atoms with van der Waals surface area (Å²) < 4.78 is 20.8. The summed E-state index contributed by atoms with van der Waals surface area (Å²) in [7, 11) is 1.64. The topological polar surface area (TPSA) is 70.8 Å². The van der Waals surface area contributed by atoms with Crippen molar-refractivity contribution in [3.8, 4) is 11.1 Å². The van der Waals surface area contributed by atoms with E-state index in [9.17, 15) is 14.3 Å². The lowest BCUT2D eigenvalue weighted by Crippen LogP contribution is -2.46. The Morgan fingerprint density at radius 1 is 1.11 bits per heavy atom. The Hall–Kier alpha value is -3.07. The van der Waals surface area contributed by atoms with Crippen LogP contribution in [0.2, 0.25) is 0 Å². The Balaban J connectivity index is 1.30. The van der Waals surface area contributed by atoms with Crippen LogP contribution in [0.5, 0.6) is 0 Å². The average molecular weight is 493 g/mol. The lowest BCUT2D eigenvalue weighted by atomic mass is 9.95. The summed E-state index contributed by atoms with van der Waals surface area (Å²) in [5.74, 6) is -0.289. The molecule has 190 valence electrons. The summed E-state index contributed by atoms with van der Waals surface area (Å²) in [6, 6.07) is 14.7. The molecular weight excluding hydrogens is 459 g/mol. The summed E-state index contributed by atoms with van der Waals surface area (Å²) in [6.07, 6.45) is 4.49. The van der Waals surface area contributed by atoms with Gasteiger partial charge in [0, 0.05) is 39.3 Å². The van der Waals surface area contributed by atoms with Crippen molar-refractivity contribution in [2.75, 3.05) is 33.3 Å². The molecule has 3 heterocycles. The van der Waals surface area contributed by atoms with E-state index in [-0.39, 0.29) is 23.9 Å². The molecule has 0 spiro atoms. The molecule has 7 nitrogen and oxygen atoms in total. The van der Waals surface area contributed by atoms with E-state index in [1.54, 1.807) is 31.8 Å². The molecule has 1 N–H and O–H groups in total. The molecule has 3 atom stereocenters. The van der Waals surface area contributed by atoms with Gasteiger partial charge in [0.15, 0.2) is 0 Å². The minimum absolute atomic E-state index is 0.0201. The molecule has 2 saturated heterocycles. The number of benzene rings is 2. The van der Waals surface area contributed by atoms with Crippen LogP contribution in [-0.2, 0) is 4.74 Å². The van der Waals surface area contributed by atoms with Crippen molar-refractivity contribution >= 4 is 5.91 Å². The molecule has 0 bridgehead atoms. The van der Waals surface area contributed by atoms with Crippen molar-refractivity contribution in [1.29, 1.82) is 0 Å². The Morgan fingerprint density at radius 2 is 1.83 bits per heavy atom. The molecule has 2 fully saturated rings. The maximum Gasteiger partial charge on any atom is 0.272 e. The average Bonchev–Trinajstić information content (AvgIpc) is 3.55. The minimum Gasteiger partial charge on any atom is -0.389 e. The molecular formula is C28H33FN4O3. The first-order chi connectivity index (χ1) is 17.5. The van der Waals surface area contributed by atoms with Crippen LogP contribution in [-0.4, -0.2) is 81.9 Å². The smallest absolute Gasteiger partial charge is 0.272 e. The molecule has 1 amide bonds. The van der Waals surface area contributed by atoms with E-state index < -0.39 is 6.10 Å². The van der Waals surface area contributed by atoms with Crippen LogP contribution < -0.4 is 0 Å². The second-order valence-electron chi connectivity index (χ2n) is 9.78. The van der Waals surface area contributed by atoms with E-state index in [1.807, 2.05) is 33.7 Å². The zero-order valence-electron chi connectivity index (χ0n) is 20.8. The van der Waals surface area contributed by atoms with Crippen LogP contribution in [0.15, 0.2) is 61.1 Å². The second-order valence-corrected chi connectivity index (χ2v) is 9.78. The number of halogens is 1. The maximum absolute atomic E-state index is 13.5. The van der Waals surface area contributed by atoms with E-state index in [0.717, 1.165) is 36.1 Å². The van der Waals surface area contributed by atoms with Crippen LogP contribution in [0.4, 0.5) is 4.39 Å². The number of nitrogens with zero attached hydrogens (tertiary/aromatic N) is 4. The van der Waals surface area contributed by atoms with Gasteiger partial charge in [0.1, 0.15) is 11.5 Å². The van der Waals surface area contributed by atoms with Crippen molar-refractivity contribution in [3.63, 3.8) is 0 Å². The number of hydrogen-bond acceptors (Lipinski definition) is 5. The van der Waals surface area contributed by atoms with Crippen molar-refractivity contribution in [2.24, 2.45) is 0 Å². The highest BCUT2D eigenvalue weighted by Crippen LogP contribution is 2.31. The lowest BCUT2D eigenvalue weighted by molar-refractivity contribution is 0.0212. The van der Waals surface area contributed by atoms with Gasteiger partial charge < -0.3 is 19.3 Å². The van der Waals surface area contributed by atoms with Crippen molar-refractivity contribution < 1.29 is 19.0 Å². The number of hydrogen-bond donors (Lipinski definition) is 1. The number of piperidine rings is 1. The number of carbonyl (C=O) groups is 1. The Labute approximate surface area is 211 Å². The van der Waals surface area contributed by atoms with Gasteiger partial charge in [-0.2, -0.15) is 0 Å². The summed E-state index contributed by atoms with van der Waals surface area (Å²) in [6.45, 7) is 4.74.